The number of pyridine rings is 1. The number of amides is 1. The van der Waals surface area contributed by atoms with Crippen molar-refractivity contribution in [1.82, 2.24) is 9.29 Å². The summed E-state index contributed by atoms with van der Waals surface area (Å²) >= 11 is 0. The monoisotopic (exact) mass is 433 g/mol. The minimum absolute atomic E-state index is 0.0709. The molecule has 1 unspecified atom stereocenters. The number of sulfonamides is 1. The predicted molar refractivity (Wildman–Crippen MR) is 107 cm³/mol. The summed E-state index contributed by atoms with van der Waals surface area (Å²) in [5, 5.41) is 13.4. The van der Waals surface area contributed by atoms with Gasteiger partial charge in [0.05, 0.1) is 15.5 Å². The maximum absolute atomic E-state index is 13.0. The van der Waals surface area contributed by atoms with E-state index in [1.165, 1.54) is 34.8 Å². The average molecular weight is 433 g/mol. The number of carbonyl (C=O) groups excluding carboxylic acids is 1. The molecule has 1 N–H and O–H groups in total. The van der Waals surface area contributed by atoms with Crippen LogP contribution in [-0.4, -0.2) is 60.8 Å². The van der Waals surface area contributed by atoms with Gasteiger partial charge in [-0.05, 0) is 31.2 Å². The largest absolute Gasteiger partial charge is 0.479 e. The van der Waals surface area contributed by atoms with Crippen LogP contribution in [0.3, 0.4) is 0 Å². The van der Waals surface area contributed by atoms with Crippen LogP contribution in [0.15, 0.2) is 41.4 Å². The first-order chi connectivity index (χ1) is 14.3. The number of ether oxygens (including phenoxy) is 1. The SMILES string of the molecule is CC1Oc2ccc(S(=O)(=O)N3CCN(c4ccc([N+](=O)[O-])cn4)CC3)cc2NC1=O. The summed E-state index contributed by atoms with van der Waals surface area (Å²) in [4.78, 5) is 28.1. The summed E-state index contributed by atoms with van der Waals surface area (Å²) < 4.78 is 32.9. The smallest absolute Gasteiger partial charge is 0.287 e. The van der Waals surface area contributed by atoms with Crippen molar-refractivity contribution in [2.24, 2.45) is 0 Å². The van der Waals surface area contributed by atoms with Crippen molar-refractivity contribution in [3.63, 3.8) is 0 Å². The second-order valence-corrected chi connectivity index (χ2v) is 8.87. The number of fused-ring (bicyclic) bond motifs is 1. The third-order valence-electron chi connectivity index (χ3n) is 5.03. The van der Waals surface area contributed by atoms with Crippen molar-refractivity contribution >= 4 is 33.1 Å². The van der Waals surface area contributed by atoms with Gasteiger partial charge in [-0.3, -0.25) is 14.9 Å². The van der Waals surface area contributed by atoms with E-state index in [0.717, 1.165) is 0 Å². The molecule has 4 rings (SSSR count). The van der Waals surface area contributed by atoms with Gasteiger partial charge in [0.2, 0.25) is 10.0 Å². The summed E-state index contributed by atoms with van der Waals surface area (Å²) in [6.07, 6.45) is 0.545. The van der Waals surface area contributed by atoms with Crippen molar-refractivity contribution in [3.05, 3.63) is 46.6 Å². The van der Waals surface area contributed by atoms with Crippen LogP contribution < -0.4 is 15.0 Å². The van der Waals surface area contributed by atoms with Gasteiger partial charge in [0.25, 0.3) is 11.6 Å². The second-order valence-electron chi connectivity index (χ2n) is 6.93. The summed E-state index contributed by atoms with van der Waals surface area (Å²) in [7, 11) is -3.76. The summed E-state index contributed by atoms with van der Waals surface area (Å²) in [5.41, 5.74) is 0.228. The summed E-state index contributed by atoms with van der Waals surface area (Å²) in [6, 6.07) is 7.32. The topological polar surface area (TPSA) is 135 Å². The molecule has 2 aliphatic rings. The highest BCUT2D eigenvalue weighted by Crippen LogP contribution is 2.33. The number of nitro groups is 1. The molecule has 1 atom stereocenters. The van der Waals surface area contributed by atoms with E-state index in [9.17, 15) is 23.3 Å². The molecule has 0 bridgehead atoms. The summed E-state index contributed by atoms with van der Waals surface area (Å²) in [6.45, 7) is 2.87. The van der Waals surface area contributed by atoms with Crippen LogP contribution in [-0.2, 0) is 14.8 Å². The third-order valence-corrected chi connectivity index (χ3v) is 6.92. The van der Waals surface area contributed by atoms with Crippen LogP contribution >= 0.6 is 0 Å². The number of nitrogens with one attached hydrogen (secondary N) is 1. The fourth-order valence-corrected chi connectivity index (χ4v) is 4.78. The van der Waals surface area contributed by atoms with Crippen molar-refractivity contribution < 1.29 is 22.9 Å². The first kappa shape index (κ1) is 20.0. The van der Waals surface area contributed by atoms with E-state index >= 15 is 0 Å². The first-order valence-electron chi connectivity index (χ1n) is 9.23. The minimum Gasteiger partial charge on any atom is -0.479 e. The lowest BCUT2D eigenvalue weighted by Crippen LogP contribution is -2.48. The van der Waals surface area contributed by atoms with Gasteiger partial charge in [0.15, 0.2) is 6.10 Å². The highest BCUT2D eigenvalue weighted by atomic mass is 32.2. The molecule has 12 heteroatoms. The number of carbonyl (C=O) groups is 1. The van der Waals surface area contributed by atoms with Crippen molar-refractivity contribution in [2.75, 3.05) is 36.4 Å². The van der Waals surface area contributed by atoms with Crippen molar-refractivity contribution in [1.29, 1.82) is 0 Å². The number of piperazine rings is 1. The first-order valence-corrected chi connectivity index (χ1v) is 10.7. The molecule has 0 saturated carbocycles. The van der Waals surface area contributed by atoms with Crippen LogP contribution in [0.5, 0.6) is 5.75 Å². The zero-order chi connectivity index (χ0) is 21.5. The average Bonchev–Trinajstić information content (AvgIpc) is 2.74. The van der Waals surface area contributed by atoms with E-state index in [-0.39, 0.29) is 29.6 Å². The zero-order valence-corrected chi connectivity index (χ0v) is 16.8. The zero-order valence-electron chi connectivity index (χ0n) is 16.0. The molecule has 0 aliphatic carbocycles. The van der Waals surface area contributed by atoms with Gasteiger partial charge in [-0.1, -0.05) is 0 Å². The van der Waals surface area contributed by atoms with E-state index < -0.39 is 21.1 Å². The number of nitrogens with zero attached hydrogens (tertiary/aromatic N) is 4. The van der Waals surface area contributed by atoms with E-state index in [4.69, 9.17) is 4.74 Å². The van der Waals surface area contributed by atoms with E-state index in [2.05, 4.69) is 10.3 Å². The Morgan fingerprint density at radius 3 is 2.57 bits per heavy atom. The maximum Gasteiger partial charge on any atom is 0.287 e. The predicted octanol–water partition coefficient (Wildman–Crippen LogP) is 1.22. The number of aromatic nitrogens is 1. The Labute approximate surface area is 172 Å². The molecule has 3 heterocycles. The number of benzene rings is 1. The lowest BCUT2D eigenvalue weighted by Gasteiger charge is -2.34. The number of anilines is 2. The Bertz CT molecular complexity index is 1100. The van der Waals surface area contributed by atoms with Gasteiger partial charge in [-0.15, -0.1) is 0 Å². The Kier molecular flexibility index (Phi) is 5.03. The highest BCUT2D eigenvalue weighted by Gasteiger charge is 2.31. The van der Waals surface area contributed by atoms with Gasteiger partial charge in [0, 0.05) is 32.2 Å². The van der Waals surface area contributed by atoms with Gasteiger partial charge in [0.1, 0.15) is 17.8 Å². The maximum atomic E-state index is 13.0. The minimum atomic E-state index is -3.76. The molecular formula is C18H19N5O6S. The molecule has 1 aromatic heterocycles. The Morgan fingerprint density at radius 1 is 1.20 bits per heavy atom. The fraction of sp³-hybridized carbons (Fsp3) is 0.333. The number of hydrogen-bond donors (Lipinski definition) is 1. The van der Waals surface area contributed by atoms with Crippen LogP contribution in [0.25, 0.3) is 0 Å². The van der Waals surface area contributed by atoms with Crippen molar-refractivity contribution in [2.45, 2.75) is 17.9 Å². The molecule has 1 fully saturated rings. The Balaban J connectivity index is 1.47. The molecule has 11 nitrogen and oxygen atoms in total. The molecule has 158 valence electrons. The molecule has 0 radical (unpaired) electrons. The quantitative estimate of drug-likeness (QED) is 0.562. The molecule has 2 aliphatic heterocycles. The molecule has 30 heavy (non-hydrogen) atoms. The van der Waals surface area contributed by atoms with Gasteiger partial charge >= 0.3 is 0 Å². The normalized spacial score (nSPS) is 19.6. The molecular weight excluding hydrogens is 414 g/mol. The van der Waals surface area contributed by atoms with Crippen LogP contribution in [0, 0.1) is 10.1 Å². The fourth-order valence-electron chi connectivity index (χ4n) is 3.33. The van der Waals surface area contributed by atoms with E-state index in [0.29, 0.717) is 30.3 Å². The molecule has 1 saturated heterocycles. The molecule has 0 spiro atoms. The third kappa shape index (κ3) is 3.66. The van der Waals surface area contributed by atoms with Gasteiger partial charge < -0.3 is 15.0 Å². The summed E-state index contributed by atoms with van der Waals surface area (Å²) in [5.74, 6) is 0.650. The second kappa shape index (κ2) is 7.54. The standard InChI is InChI=1S/C18H19N5O6S/c1-12-18(24)20-15-10-14(3-4-16(15)29-12)30(27,28)22-8-6-21(7-9-22)17-5-2-13(11-19-17)23(25)26/h2-5,10-12H,6-9H2,1H3,(H,20,24). The van der Waals surface area contributed by atoms with E-state index in [1.54, 1.807) is 13.0 Å². The van der Waals surface area contributed by atoms with Crippen LogP contribution in [0.4, 0.5) is 17.2 Å². The number of hydrogen-bond acceptors (Lipinski definition) is 8. The molecule has 2 aromatic rings. The van der Waals surface area contributed by atoms with Crippen LogP contribution in [0.1, 0.15) is 6.92 Å². The highest BCUT2D eigenvalue weighted by molar-refractivity contribution is 7.89. The Hall–Kier alpha value is -3.25. The number of rotatable bonds is 4. The van der Waals surface area contributed by atoms with Crippen LogP contribution in [0.2, 0.25) is 0 Å². The Morgan fingerprint density at radius 2 is 1.93 bits per heavy atom. The molecule has 1 amide bonds. The van der Waals surface area contributed by atoms with Gasteiger partial charge in [-0.2, -0.15) is 4.31 Å². The van der Waals surface area contributed by atoms with Crippen molar-refractivity contribution in [3.8, 4) is 5.75 Å². The van der Waals surface area contributed by atoms with Gasteiger partial charge in [-0.25, -0.2) is 13.4 Å². The molecule has 1 aromatic carbocycles. The van der Waals surface area contributed by atoms with E-state index in [1.807, 2.05) is 4.90 Å². The lowest BCUT2D eigenvalue weighted by atomic mass is 10.2. The lowest BCUT2D eigenvalue weighted by molar-refractivity contribution is -0.385.